The summed E-state index contributed by atoms with van der Waals surface area (Å²) in [5.74, 6) is 2.25. The second kappa shape index (κ2) is 9.88. The Hall–Kier alpha value is -0.640. The van der Waals surface area contributed by atoms with Crippen molar-refractivity contribution in [1.82, 2.24) is 5.32 Å². The van der Waals surface area contributed by atoms with Gasteiger partial charge in [-0.15, -0.1) is 11.6 Å². The van der Waals surface area contributed by atoms with Gasteiger partial charge in [-0.2, -0.15) is 0 Å². The summed E-state index contributed by atoms with van der Waals surface area (Å²) in [4.78, 5) is 1.18. The van der Waals surface area contributed by atoms with Gasteiger partial charge in [0.05, 0.1) is 4.99 Å². The van der Waals surface area contributed by atoms with Gasteiger partial charge < -0.3 is 11.1 Å². The van der Waals surface area contributed by atoms with Crippen molar-refractivity contribution in [3.05, 3.63) is 35.9 Å². The zero-order chi connectivity index (χ0) is 21.0. The number of nitrogens with one attached hydrogen (secondary N) is 1. The monoisotopic (exact) mass is 446 g/mol. The molecule has 0 radical (unpaired) electrons. The van der Waals surface area contributed by atoms with Crippen LogP contribution in [0, 0.1) is 17.3 Å². The van der Waals surface area contributed by atoms with E-state index in [2.05, 4.69) is 35.6 Å². The maximum absolute atomic E-state index is 6.21. The van der Waals surface area contributed by atoms with E-state index in [-0.39, 0.29) is 10.8 Å². The van der Waals surface area contributed by atoms with Crippen LogP contribution in [0.2, 0.25) is 0 Å². The third-order valence-electron chi connectivity index (χ3n) is 8.48. The number of halogens is 1. The molecular weight excluding hydrogens is 408 g/mol. The van der Waals surface area contributed by atoms with Crippen molar-refractivity contribution in [3.8, 4) is 0 Å². The van der Waals surface area contributed by atoms with Gasteiger partial charge in [0, 0.05) is 17.3 Å². The van der Waals surface area contributed by atoms with Crippen LogP contribution in [0.5, 0.6) is 0 Å². The molecule has 1 aromatic rings. The molecule has 3 aliphatic carbocycles. The zero-order valence-electron chi connectivity index (χ0n) is 18.4. The van der Waals surface area contributed by atoms with Crippen molar-refractivity contribution in [2.24, 2.45) is 23.0 Å². The van der Waals surface area contributed by atoms with E-state index in [1.807, 2.05) is 0 Å². The molecule has 0 heterocycles. The molecule has 0 amide bonds. The summed E-state index contributed by atoms with van der Waals surface area (Å²) < 4.78 is 0. The summed E-state index contributed by atoms with van der Waals surface area (Å²) in [7, 11) is 0. The van der Waals surface area contributed by atoms with Crippen LogP contribution < -0.4 is 11.1 Å². The quantitative estimate of drug-likeness (QED) is 0.378. The average molecular weight is 447 g/mol. The van der Waals surface area contributed by atoms with E-state index < -0.39 is 0 Å². The van der Waals surface area contributed by atoms with Crippen molar-refractivity contribution in [2.75, 3.05) is 12.4 Å². The third-order valence-corrected chi connectivity index (χ3v) is 9.29. The number of thiocarbonyl (C=S) groups is 1. The van der Waals surface area contributed by atoms with E-state index in [0.29, 0.717) is 12.0 Å². The lowest BCUT2D eigenvalue weighted by Crippen LogP contribution is -2.54. The minimum Gasteiger partial charge on any atom is -0.376 e. The van der Waals surface area contributed by atoms with Gasteiger partial charge >= 0.3 is 0 Å². The highest BCUT2D eigenvalue weighted by Crippen LogP contribution is 2.58. The number of nitrogens with two attached hydrogens (primary N) is 1. The summed E-state index contributed by atoms with van der Waals surface area (Å²) in [6, 6.07) is 11.8. The van der Waals surface area contributed by atoms with E-state index >= 15 is 0 Å². The smallest absolute Gasteiger partial charge is 0.0818 e. The highest BCUT2D eigenvalue weighted by molar-refractivity contribution is 7.80. The Kier molecular flexibility index (Phi) is 7.42. The lowest BCUT2D eigenvalue weighted by molar-refractivity contribution is 0.0639. The Bertz CT molecular complexity index is 702. The number of fused-ring (bicyclic) bond motifs is 2. The van der Waals surface area contributed by atoms with Gasteiger partial charge in [-0.1, -0.05) is 55.4 Å². The van der Waals surface area contributed by atoms with Gasteiger partial charge in [-0.05, 0) is 93.6 Å². The second-order valence-corrected chi connectivity index (χ2v) is 11.3. The molecule has 166 valence electrons. The molecule has 0 aromatic heterocycles. The Morgan fingerprint density at radius 2 is 1.87 bits per heavy atom. The molecular formula is C26H39ClN2S. The molecule has 3 N–H and O–H groups in total. The molecule has 4 heteroatoms. The molecule has 3 atom stereocenters. The highest BCUT2D eigenvalue weighted by Gasteiger charge is 2.52. The van der Waals surface area contributed by atoms with Gasteiger partial charge in [0.15, 0.2) is 0 Å². The van der Waals surface area contributed by atoms with E-state index in [1.54, 1.807) is 0 Å². The number of hydrogen-bond donors (Lipinski definition) is 2. The molecule has 30 heavy (non-hydrogen) atoms. The molecule has 2 nitrogen and oxygen atoms in total. The van der Waals surface area contributed by atoms with Crippen LogP contribution >= 0.6 is 23.8 Å². The molecule has 0 spiro atoms. The first-order valence-corrected chi connectivity index (χ1v) is 13.2. The molecule has 4 rings (SSSR count). The van der Waals surface area contributed by atoms with Crippen molar-refractivity contribution < 1.29 is 0 Å². The van der Waals surface area contributed by atoms with Crippen molar-refractivity contribution in [1.29, 1.82) is 0 Å². The summed E-state index contributed by atoms with van der Waals surface area (Å²) in [5, 5.41) is 3.89. The van der Waals surface area contributed by atoms with Gasteiger partial charge in [0.25, 0.3) is 0 Å². The maximum Gasteiger partial charge on any atom is 0.0818 e. The SMILES string of the molecule is NCC1CCC(NC(=S)C23CCCC(C2)CC(CCCCl)(c2ccccc2)C3)CC1. The van der Waals surface area contributed by atoms with Crippen LogP contribution in [0.25, 0.3) is 0 Å². The molecule has 0 saturated heterocycles. The van der Waals surface area contributed by atoms with Gasteiger partial charge in [-0.3, -0.25) is 0 Å². The van der Waals surface area contributed by atoms with Crippen LogP contribution in [-0.4, -0.2) is 23.5 Å². The third kappa shape index (κ3) is 4.74. The van der Waals surface area contributed by atoms with E-state index in [0.717, 1.165) is 24.8 Å². The molecule has 3 fully saturated rings. The average Bonchev–Trinajstić information content (AvgIpc) is 2.78. The van der Waals surface area contributed by atoms with Crippen molar-refractivity contribution in [2.45, 2.75) is 88.5 Å². The number of hydrogen-bond acceptors (Lipinski definition) is 2. The van der Waals surface area contributed by atoms with Crippen LogP contribution in [0.4, 0.5) is 0 Å². The zero-order valence-corrected chi connectivity index (χ0v) is 20.0. The van der Waals surface area contributed by atoms with Gasteiger partial charge in [-0.25, -0.2) is 0 Å². The summed E-state index contributed by atoms with van der Waals surface area (Å²) in [6.07, 6.45) is 14.9. The van der Waals surface area contributed by atoms with Crippen molar-refractivity contribution >= 4 is 28.8 Å². The van der Waals surface area contributed by atoms with Crippen LogP contribution in [0.1, 0.15) is 82.6 Å². The first-order chi connectivity index (χ1) is 14.6. The predicted octanol–water partition coefficient (Wildman–Crippen LogP) is 6.35. The highest BCUT2D eigenvalue weighted by atomic mass is 35.5. The summed E-state index contributed by atoms with van der Waals surface area (Å²) in [6.45, 7) is 0.836. The van der Waals surface area contributed by atoms with E-state index in [1.165, 1.54) is 81.2 Å². The molecule has 0 aliphatic heterocycles. The normalized spacial score (nSPS) is 36.3. The summed E-state index contributed by atoms with van der Waals surface area (Å²) >= 11 is 12.4. The molecule has 3 saturated carbocycles. The second-order valence-electron chi connectivity index (χ2n) is 10.5. The summed E-state index contributed by atoms with van der Waals surface area (Å²) in [5.41, 5.74) is 7.81. The minimum absolute atomic E-state index is 0.170. The molecule has 2 bridgehead atoms. The molecule has 3 aliphatic rings. The predicted molar refractivity (Wildman–Crippen MR) is 132 cm³/mol. The maximum atomic E-state index is 6.21. The topological polar surface area (TPSA) is 38.0 Å². The molecule has 1 aromatic carbocycles. The Morgan fingerprint density at radius 3 is 2.57 bits per heavy atom. The lowest BCUT2D eigenvalue weighted by Gasteiger charge is -2.55. The standard InChI is InChI=1S/C26H39ClN2S/c27-15-5-14-25(22-7-2-1-3-8-22)16-21-6-4-13-26(17-21,19-25)24(30)29-23-11-9-20(18-28)10-12-23/h1-3,7-8,20-21,23H,4-6,9-19,28H2,(H,29,30). The Balaban J connectivity index is 1.56. The fourth-order valence-corrected chi connectivity index (χ4v) is 7.57. The first-order valence-electron chi connectivity index (χ1n) is 12.2. The van der Waals surface area contributed by atoms with Crippen LogP contribution in [0.15, 0.2) is 30.3 Å². The minimum atomic E-state index is 0.170. The fraction of sp³-hybridized carbons (Fsp3) is 0.731. The molecule has 3 unspecified atom stereocenters. The van der Waals surface area contributed by atoms with Crippen molar-refractivity contribution in [3.63, 3.8) is 0 Å². The Morgan fingerprint density at radius 1 is 1.10 bits per heavy atom. The van der Waals surface area contributed by atoms with Crippen LogP contribution in [-0.2, 0) is 5.41 Å². The number of alkyl halides is 1. The number of rotatable bonds is 7. The lowest BCUT2D eigenvalue weighted by atomic mass is 9.51. The van der Waals surface area contributed by atoms with Crippen LogP contribution in [0.3, 0.4) is 0 Å². The largest absolute Gasteiger partial charge is 0.376 e. The van der Waals surface area contributed by atoms with E-state index in [4.69, 9.17) is 29.6 Å². The van der Waals surface area contributed by atoms with Gasteiger partial charge in [0.2, 0.25) is 0 Å². The Labute approximate surface area is 193 Å². The van der Waals surface area contributed by atoms with Gasteiger partial charge in [0.1, 0.15) is 0 Å². The first kappa shape index (κ1) is 22.6. The van der Waals surface area contributed by atoms with E-state index in [9.17, 15) is 0 Å². The number of benzene rings is 1. The fourth-order valence-electron chi connectivity index (χ4n) is 7.01.